The van der Waals surface area contributed by atoms with E-state index < -0.39 is 0 Å². The van der Waals surface area contributed by atoms with E-state index in [1.54, 1.807) is 24.3 Å². The molecule has 1 heterocycles. The topological polar surface area (TPSA) is 37.4 Å². The van der Waals surface area contributed by atoms with Gasteiger partial charge in [0.25, 0.3) is 11.8 Å². The zero-order chi connectivity index (χ0) is 11.7. The number of benzene rings is 1. The maximum absolute atomic E-state index is 11.9. The van der Waals surface area contributed by atoms with Gasteiger partial charge in [-0.2, -0.15) is 0 Å². The second kappa shape index (κ2) is 4.35. The number of imide groups is 1. The minimum atomic E-state index is -0.245. The summed E-state index contributed by atoms with van der Waals surface area (Å²) < 4.78 is 0.497. The summed E-state index contributed by atoms with van der Waals surface area (Å²) >= 11 is 8.78. The van der Waals surface area contributed by atoms with E-state index in [1.807, 2.05) is 0 Å². The van der Waals surface area contributed by atoms with Crippen molar-refractivity contribution in [3.63, 3.8) is 0 Å². The Morgan fingerprint density at radius 1 is 1.19 bits per heavy atom. The lowest BCUT2D eigenvalue weighted by molar-refractivity contribution is 0.0659. The number of carbonyl (C=O) groups excluding carboxylic acids is 2. The molecule has 0 radical (unpaired) electrons. The first-order valence-corrected chi connectivity index (χ1v) is 5.64. The summed E-state index contributed by atoms with van der Waals surface area (Å²) in [5.74, 6) is -0.490. The van der Waals surface area contributed by atoms with Crippen LogP contribution < -0.4 is 0 Å². The third-order valence-electron chi connectivity index (χ3n) is 2.43. The van der Waals surface area contributed by atoms with E-state index in [9.17, 15) is 9.59 Å². The lowest BCUT2D eigenvalue weighted by Crippen LogP contribution is -2.31. The van der Waals surface area contributed by atoms with Crippen LogP contribution in [0.15, 0.2) is 24.3 Å². The molecule has 0 saturated carbocycles. The van der Waals surface area contributed by atoms with Gasteiger partial charge < -0.3 is 0 Å². The third-order valence-corrected chi connectivity index (χ3v) is 2.86. The summed E-state index contributed by atoms with van der Waals surface area (Å²) in [6.45, 7) is 0.300. The zero-order valence-electron chi connectivity index (χ0n) is 8.34. The predicted octanol–water partition coefficient (Wildman–Crippen LogP) is 1.93. The fourth-order valence-electron chi connectivity index (χ4n) is 1.65. The highest BCUT2D eigenvalue weighted by molar-refractivity contribution is 8.11. The number of hydrogen-bond acceptors (Lipinski definition) is 3. The van der Waals surface area contributed by atoms with Crippen molar-refractivity contribution in [3.05, 3.63) is 35.4 Å². The second-order valence-corrected chi connectivity index (χ2v) is 4.79. The Labute approximate surface area is 104 Å². The van der Waals surface area contributed by atoms with Gasteiger partial charge in [-0.05, 0) is 12.1 Å². The Bertz CT molecular complexity index is 450. The van der Waals surface area contributed by atoms with Gasteiger partial charge in [0.05, 0.1) is 11.1 Å². The van der Waals surface area contributed by atoms with Gasteiger partial charge >= 0.3 is 0 Å². The molecule has 1 aliphatic rings. The lowest BCUT2D eigenvalue weighted by Gasteiger charge is -2.12. The van der Waals surface area contributed by atoms with Crippen LogP contribution in [0.25, 0.3) is 0 Å². The molecule has 0 unspecified atom stereocenters. The van der Waals surface area contributed by atoms with E-state index in [-0.39, 0.29) is 11.8 Å². The van der Waals surface area contributed by atoms with Crippen LogP contribution in [0.3, 0.4) is 0 Å². The van der Waals surface area contributed by atoms with Gasteiger partial charge in [0.15, 0.2) is 0 Å². The van der Waals surface area contributed by atoms with Crippen molar-refractivity contribution in [1.29, 1.82) is 0 Å². The average Bonchev–Trinajstić information content (AvgIpc) is 2.50. The Balaban J connectivity index is 2.25. The van der Waals surface area contributed by atoms with Crippen molar-refractivity contribution in [2.75, 3.05) is 6.54 Å². The summed E-state index contributed by atoms with van der Waals surface area (Å²) in [7, 11) is 0. The molecule has 0 aromatic heterocycles. The van der Waals surface area contributed by atoms with Crippen LogP contribution in [-0.4, -0.2) is 27.5 Å². The van der Waals surface area contributed by atoms with E-state index in [0.29, 0.717) is 28.3 Å². The molecule has 16 heavy (non-hydrogen) atoms. The Kier molecular flexibility index (Phi) is 3.07. The number of nitrogens with zero attached hydrogens (tertiary/aromatic N) is 1. The number of carbonyl (C=O) groups is 2. The molecule has 0 saturated heterocycles. The van der Waals surface area contributed by atoms with Crippen molar-refractivity contribution in [2.45, 2.75) is 6.42 Å². The highest BCUT2D eigenvalue weighted by atomic mass is 32.1. The number of rotatable bonds is 3. The molecular formula is C11H9NO2S2. The first-order chi connectivity index (χ1) is 7.61. The molecular weight excluding hydrogens is 242 g/mol. The van der Waals surface area contributed by atoms with Gasteiger partial charge in [-0.1, -0.05) is 24.4 Å². The van der Waals surface area contributed by atoms with Gasteiger partial charge in [-0.3, -0.25) is 14.5 Å². The largest absolute Gasteiger partial charge is 0.274 e. The van der Waals surface area contributed by atoms with E-state index in [2.05, 4.69) is 12.6 Å². The molecule has 0 N–H and O–H groups in total. The molecule has 3 nitrogen and oxygen atoms in total. The molecule has 1 aromatic carbocycles. The van der Waals surface area contributed by atoms with Crippen molar-refractivity contribution >= 4 is 40.9 Å². The van der Waals surface area contributed by atoms with Gasteiger partial charge in [0.1, 0.15) is 0 Å². The van der Waals surface area contributed by atoms with Crippen LogP contribution in [0.4, 0.5) is 0 Å². The van der Waals surface area contributed by atoms with Crippen molar-refractivity contribution in [1.82, 2.24) is 4.90 Å². The fraction of sp³-hybridized carbons (Fsp3) is 0.182. The number of thiocarbonyl (C=S) groups is 1. The van der Waals surface area contributed by atoms with Crippen LogP contribution in [0.5, 0.6) is 0 Å². The number of hydrogen-bond donors (Lipinski definition) is 1. The number of fused-ring (bicyclic) bond motifs is 1. The highest BCUT2D eigenvalue weighted by Gasteiger charge is 2.34. The van der Waals surface area contributed by atoms with E-state index in [0.717, 1.165) is 0 Å². The molecule has 1 aliphatic heterocycles. The van der Waals surface area contributed by atoms with Crippen LogP contribution >= 0.6 is 24.8 Å². The van der Waals surface area contributed by atoms with Crippen molar-refractivity contribution < 1.29 is 9.59 Å². The highest BCUT2D eigenvalue weighted by Crippen LogP contribution is 2.22. The molecule has 2 rings (SSSR count). The maximum atomic E-state index is 11.9. The average molecular weight is 251 g/mol. The van der Waals surface area contributed by atoms with Crippen LogP contribution in [-0.2, 0) is 0 Å². The summed E-state index contributed by atoms with van der Waals surface area (Å²) in [6, 6.07) is 6.82. The zero-order valence-corrected chi connectivity index (χ0v) is 10.1. The monoisotopic (exact) mass is 251 g/mol. The predicted molar refractivity (Wildman–Crippen MR) is 68.0 cm³/mol. The minimum absolute atomic E-state index is 0.245. The van der Waals surface area contributed by atoms with Gasteiger partial charge in [0.2, 0.25) is 0 Å². The summed E-state index contributed by atoms with van der Waals surface area (Å²) in [6.07, 6.45) is 0.448. The van der Waals surface area contributed by atoms with Crippen LogP contribution in [0.2, 0.25) is 0 Å². The SMILES string of the molecule is O=C1c2ccccc2C(=O)N1CCC(=S)S. The molecule has 82 valence electrons. The van der Waals surface area contributed by atoms with Crippen molar-refractivity contribution in [2.24, 2.45) is 0 Å². The van der Waals surface area contributed by atoms with Gasteiger partial charge in [-0.15, -0.1) is 12.6 Å². The van der Waals surface area contributed by atoms with Crippen molar-refractivity contribution in [3.8, 4) is 0 Å². The van der Waals surface area contributed by atoms with Gasteiger partial charge in [0, 0.05) is 17.2 Å². The first-order valence-electron chi connectivity index (χ1n) is 4.78. The summed E-state index contributed by atoms with van der Waals surface area (Å²) in [5.41, 5.74) is 0.940. The molecule has 0 aliphatic carbocycles. The standard InChI is InChI=1S/C11H9NO2S2/c13-10-7-3-1-2-4-8(7)11(14)12(10)6-5-9(15)16/h1-4H,5-6H2,(H,15,16). The minimum Gasteiger partial charge on any atom is -0.274 e. The first kappa shape index (κ1) is 11.3. The molecule has 5 heteroatoms. The number of amides is 2. The van der Waals surface area contributed by atoms with E-state index in [4.69, 9.17) is 12.2 Å². The second-order valence-electron chi connectivity index (χ2n) is 3.45. The molecule has 0 fully saturated rings. The molecule has 0 atom stereocenters. The fourth-order valence-corrected chi connectivity index (χ4v) is 1.84. The normalized spacial score (nSPS) is 14.2. The van der Waals surface area contributed by atoms with E-state index in [1.165, 1.54) is 4.90 Å². The third kappa shape index (κ3) is 1.88. The Hall–Kier alpha value is -1.20. The molecule has 0 spiro atoms. The molecule has 1 aromatic rings. The molecule has 2 amide bonds. The van der Waals surface area contributed by atoms with Gasteiger partial charge in [-0.25, -0.2) is 0 Å². The van der Waals surface area contributed by atoms with Crippen LogP contribution in [0, 0.1) is 0 Å². The smallest absolute Gasteiger partial charge is 0.261 e. The quantitative estimate of drug-likeness (QED) is 0.507. The Morgan fingerprint density at radius 3 is 2.12 bits per heavy atom. The molecule has 0 bridgehead atoms. The summed E-state index contributed by atoms with van der Waals surface area (Å²) in [5, 5.41) is 0. The number of thiol groups is 1. The van der Waals surface area contributed by atoms with Crippen LogP contribution in [0.1, 0.15) is 27.1 Å². The lowest BCUT2D eigenvalue weighted by atomic mass is 10.1. The maximum Gasteiger partial charge on any atom is 0.261 e. The van der Waals surface area contributed by atoms with E-state index >= 15 is 0 Å². The Morgan fingerprint density at radius 2 is 1.69 bits per heavy atom. The summed E-state index contributed by atoms with van der Waals surface area (Å²) in [4.78, 5) is 24.9.